The Balaban J connectivity index is 2.11. The molecule has 6 nitrogen and oxygen atoms in total. The van der Waals surface area contributed by atoms with Crippen LogP contribution in [0.3, 0.4) is 0 Å². The summed E-state index contributed by atoms with van der Waals surface area (Å²) in [7, 11) is -3.15. The Morgan fingerprint density at radius 1 is 1.48 bits per heavy atom. The van der Waals surface area contributed by atoms with Gasteiger partial charge in [-0.15, -0.1) is 5.10 Å². The molecule has 0 unspecified atom stereocenters. The largest absolute Gasteiger partial charge is 0.337 e. The SMILES string of the molecule is Cc1nnsc1C(=O)N1CCC[C@@H](S(=O)(=O)CC(C)C)C1. The number of amides is 1. The molecule has 1 fully saturated rings. The lowest BCUT2D eigenvalue weighted by Gasteiger charge is -2.32. The molecule has 2 heterocycles. The van der Waals surface area contributed by atoms with Gasteiger partial charge in [-0.3, -0.25) is 4.79 Å². The molecular weight excluding hydrogens is 310 g/mol. The topological polar surface area (TPSA) is 80.2 Å². The van der Waals surface area contributed by atoms with Crippen molar-refractivity contribution in [2.75, 3.05) is 18.8 Å². The first kappa shape index (κ1) is 16.4. The Bertz CT molecular complexity index is 610. The van der Waals surface area contributed by atoms with E-state index in [0.717, 1.165) is 18.0 Å². The fraction of sp³-hybridized carbons (Fsp3) is 0.769. The molecular formula is C13H21N3O3S2. The van der Waals surface area contributed by atoms with Crippen molar-refractivity contribution in [1.29, 1.82) is 0 Å². The summed E-state index contributed by atoms with van der Waals surface area (Å²) in [6, 6.07) is 0. The summed E-state index contributed by atoms with van der Waals surface area (Å²) in [5.74, 6) is 0.141. The minimum absolute atomic E-state index is 0.106. The number of rotatable bonds is 4. The Kier molecular flexibility index (Phi) is 4.98. The van der Waals surface area contributed by atoms with Gasteiger partial charge in [0.25, 0.3) is 5.91 Å². The second-order valence-corrected chi connectivity index (χ2v) is 9.01. The van der Waals surface area contributed by atoms with Crippen LogP contribution >= 0.6 is 11.5 Å². The van der Waals surface area contributed by atoms with Crippen molar-refractivity contribution >= 4 is 27.3 Å². The zero-order valence-corrected chi connectivity index (χ0v) is 14.2. The standard InChI is InChI=1S/C13H21N3O3S2/c1-9(2)8-21(18,19)11-5-4-6-16(7-11)13(17)12-10(3)14-15-20-12/h9,11H,4-8H2,1-3H3/t11-/m1/s1. The molecule has 2 rings (SSSR count). The Hall–Kier alpha value is -1.02. The van der Waals surface area contributed by atoms with Crippen molar-refractivity contribution in [3.05, 3.63) is 10.6 Å². The van der Waals surface area contributed by atoms with Gasteiger partial charge in [-0.05, 0) is 37.2 Å². The van der Waals surface area contributed by atoms with Crippen molar-refractivity contribution in [3.63, 3.8) is 0 Å². The maximum Gasteiger partial charge on any atom is 0.267 e. The monoisotopic (exact) mass is 331 g/mol. The van der Waals surface area contributed by atoms with Crippen LogP contribution in [0.15, 0.2) is 0 Å². The Morgan fingerprint density at radius 2 is 2.19 bits per heavy atom. The predicted molar refractivity (Wildman–Crippen MR) is 82.2 cm³/mol. The van der Waals surface area contributed by atoms with Crippen molar-refractivity contribution in [3.8, 4) is 0 Å². The predicted octanol–water partition coefficient (Wildman–Crippen LogP) is 1.52. The quantitative estimate of drug-likeness (QED) is 0.835. The van der Waals surface area contributed by atoms with Crippen LogP contribution in [-0.4, -0.2) is 52.9 Å². The lowest BCUT2D eigenvalue weighted by molar-refractivity contribution is 0.0731. The first-order valence-electron chi connectivity index (χ1n) is 7.11. The highest BCUT2D eigenvalue weighted by atomic mass is 32.2. The second-order valence-electron chi connectivity index (χ2n) is 5.93. The van der Waals surface area contributed by atoms with E-state index >= 15 is 0 Å². The average Bonchev–Trinajstić information content (AvgIpc) is 2.83. The molecule has 21 heavy (non-hydrogen) atoms. The van der Waals surface area contributed by atoms with Gasteiger partial charge in [0, 0.05) is 13.1 Å². The van der Waals surface area contributed by atoms with E-state index in [2.05, 4.69) is 9.59 Å². The number of likely N-dealkylation sites (tertiary alicyclic amines) is 1. The molecule has 1 aliphatic rings. The van der Waals surface area contributed by atoms with E-state index in [1.165, 1.54) is 0 Å². The van der Waals surface area contributed by atoms with Gasteiger partial charge in [-0.2, -0.15) is 0 Å². The first-order chi connectivity index (χ1) is 9.81. The van der Waals surface area contributed by atoms with Gasteiger partial charge in [0.2, 0.25) is 0 Å². The highest BCUT2D eigenvalue weighted by Crippen LogP contribution is 2.22. The van der Waals surface area contributed by atoms with Crippen LogP contribution < -0.4 is 0 Å². The van der Waals surface area contributed by atoms with E-state index in [9.17, 15) is 13.2 Å². The second kappa shape index (κ2) is 6.39. The molecule has 1 atom stereocenters. The number of aryl methyl sites for hydroxylation is 1. The Morgan fingerprint density at radius 3 is 2.76 bits per heavy atom. The molecule has 1 aromatic heterocycles. The maximum atomic E-state index is 12.4. The summed E-state index contributed by atoms with van der Waals surface area (Å²) >= 11 is 1.07. The third kappa shape index (κ3) is 3.79. The van der Waals surface area contributed by atoms with Crippen LogP contribution in [0.25, 0.3) is 0 Å². The lowest BCUT2D eigenvalue weighted by atomic mass is 10.1. The summed E-state index contributed by atoms with van der Waals surface area (Å²) < 4.78 is 28.5. The van der Waals surface area contributed by atoms with Crippen LogP contribution in [0.1, 0.15) is 42.1 Å². The van der Waals surface area contributed by atoms with Crippen molar-refractivity contribution < 1.29 is 13.2 Å². The molecule has 1 aliphatic heterocycles. The van der Waals surface area contributed by atoms with Crippen LogP contribution in [0.5, 0.6) is 0 Å². The van der Waals surface area contributed by atoms with Crippen LogP contribution in [0.2, 0.25) is 0 Å². The third-order valence-electron chi connectivity index (χ3n) is 3.58. The number of piperidine rings is 1. The van der Waals surface area contributed by atoms with Gasteiger partial charge in [0.05, 0.1) is 16.7 Å². The van der Waals surface area contributed by atoms with Crippen LogP contribution in [-0.2, 0) is 9.84 Å². The normalized spacial score (nSPS) is 20.0. The molecule has 0 radical (unpaired) electrons. The van der Waals surface area contributed by atoms with Crippen molar-refractivity contribution in [1.82, 2.24) is 14.5 Å². The Labute approximate surface area is 129 Å². The number of aromatic nitrogens is 2. The number of carbonyl (C=O) groups is 1. The summed E-state index contributed by atoms with van der Waals surface area (Å²) in [6.07, 6.45) is 1.36. The minimum Gasteiger partial charge on any atom is -0.337 e. The number of hydrogen-bond donors (Lipinski definition) is 0. The molecule has 1 amide bonds. The summed E-state index contributed by atoms with van der Waals surface area (Å²) in [6.45, 7) is 6.42. The van der Waals surface area contributed by atoms with Gasteiger partial charge in [-0.1, -0.05) is 18.3 Å². The number of hydrogen-bond acceptors (Lipinski definition) is 6. The molecule has 0 spiro atoms. The maximum absolute atomic E-state index is 12.4. The van der Waals surface area contributed by atoms with Gasteiger partial charge >= 0.3 is 0 Å². The smallest absolute Gasteiger partial charge is 0.267 e. The average molecular weight is 331 g/mol. The van der Waals surface area contributed by atoms with Gasteiger partial charge in [0.15, 0.2) is 9.84 Å². The van der Waals surface area contributed by atoms with E-state index in [1.54, 1.807) is 11.8 Å². The number of carbonyl (C=O) groups excluding carboxylic acids is 1. The van der Waals surface area contributed by atoms with Crippen LogP contribution in [0.4, 0.5) is 0 Å². The highest BCUT2D eigenvalue weighted by Gasteiger charge is 2.34. The molecule has 0 aromatic carbocycles. The molecule has 1 saturated heterocycles. The number of nitrogens with zero attached hydrogens (tertiary/aromatic N) is 3. The fourth-order valence-corrected chi connectivity index (χ4v) is 5.35. The summed E-state index contributed by atoms with van der Waals surface area (Å²) in [5, 5.41) is 3.40. The summed E-state index contributed by atoms with van der Waals surface area (Å²) in [5.41, 5.74) is 0.608. The molecule has 8 heteroatoms. The molecule has 0 saturated carbocycles. The van der Waals surface area contributed by atoms with E-state index in [4.69, 9.17) is 0 Å². The van der Waals surface area contributed by atoms with E-state index in [1.807, 2.05) is 13.8 Å². The van der Waals surface area contributed by atoms with Crippen molar-refractivity contribution in [2.24, 2.45) is 5.92 Å². The molecule has 0 bridgehead atoms. The first-order valence-corrected chi connectivity index (χ1v) is 9.60. The molecule has 0 N–H and O–H groups in total. The van der Waals surface area contributed by atoms with Gasteiger partial charge in [-0.25, -0.2) is 8.42 Å². The van der Waals surface area contributed by atoms with E-state index < -0.39 is 15.1 Å². The molecule has 0 aliphatic carbocycles. The third-order valence-corrected chi connectivity index (χ3v) is 6.93. The number of sulfone groups is 1. The van der Waals surface area contributed by atoms with Crippen LogP contribution in [0, 0.1) is 12.8 Å². The zero-order valence-electron chi connectivity index (χ0n) is 12.6. The summed E-state index contributed by atoms with van der Waals surface area (Å²) in [4.78, 5) is 14.6. The van der Waals surface area contributed by atoms with Crippen molar-refractivity contribution in [2.45, 2.75) is 38.9 Å². The highest BCUT2D eigenvalue weighted by molar-refractivity contribution is 7.92. The zero-order chi connectivity index (χ0) is 15.6. The van der Waals surface area contributed by atoms with E-state index in [-0.39, 0.29) is 24.1 Å². The van der Waals surface area contributed by atoms with Gasteiger partial charge < -0.3 is 4.90 Å². The molecule has 118 valence electrons. The molecule has 1 aromatic rings. The lowest BCUT2D eigenvalue weighted by Crippen LogP contribution is -2.46. The van der Waals surface area contributed by atoms with Gasteiger partial charge in [0.1, 0.15) is 4.88 Å². The minimum atomic E-state index is -3.15. The van der Waals surface area contributed by atoms with E-state index in [0.29, 0.717) is 23.5 Å². The fourth-order valence-electron chi connectivity index (χ4n) is 2.59.